The third kappa shape index (κ3) is 4.11. The van der Waals surface area contributed by atoms with Crippen LogP contribution in [0.15, 0.2) is 58.8 Å². The number of benzene rings is 2. The van der Waals surface area contributed by atoms with E-state index in [1.807, 2.05) is 29.6 Å². The van der Waals surface area contributed by atoms with Gasteiger partial charge in [0.1, 0.15) is 5.75 Å². The molecular weight excluding hydrogens is 430 g/mol. The molecule has 1 aliphatic heterocycles. The van der Waals surface area contributed by atoms with Crippen LogP contribution in [0.1, 0.15) is 0 Å². The van der Waals surface area contributed by atoms with Crippen LogP contribution in [-0.2, 0) is 10.0 Å². The number of ether oxygens (including phenoxy) is 1. The van der Waals surface area contributed by atoms with Gasteiger partial charge in [0.25, 0.3) is 0 Å². The number of halogens is 1. The van der Waals surface area contributed by atoms with Crippen LogP contribution in [0.4, 0.5) is 5.13 Å². The van der Waals surface area contributed by atoms with E-state index in [4.69, 9.17) is 21.3 Å². The van der Waals surface area contributed by atoms with E-state index in [1.165, 1.54) is 10.4 Å². The molecule has 1 aliphatic rings. The van der Waals surface area contributed by atoms with Crippen molar-refractivity contribution in [1.82, 2.24) is 9.29 Å². The summed E-state index contributed by atoms with van der Waals surface area (Å²) in [4.78, 5) is 7.10. The highest BCUT2D eigenvalue weighted by molar-refractivity contribution is 7.89. The van der Waals surface area contributed by atoms with E-state index in [1.54, 1.807) is 36.6 Å². The maximum Gasteiger partial charge on any atom is 0.243 e. The summed E-state index contributed by atoms with van der Waals surface area (Å²) in [6, 6.07) is 14.2. The third-order valence-electron chi connectivity index (χ3n) is 4.82. The van der Waals surface area contributed by atoms with E-state index >= 15 is 0 Å². The van der Waals surface area contributed by atoms with E-state index in [-0.39, 0.29) is 4.90 Å². The first-order valence-electron chi connectivity index (χ1n) is 9.08. The Balaban J connectivity index is 1.47. The average molecular weight is 450 g/mol. The highest BCUT2D eigenvalue weighted by atomic mass is 35.5. The summed E-state index contributed by atoms with van der Waals surface area (Å²) in [5.74, 6) is 0.779. The van der Waals surface area contributed by atoms with E-state index in [2.05, 4.69) is 4.90 Å². The molecule has 1 aromatic heterocycles. The van der Waals surface area contributed by atoms with Crippen LogP contribution in [0.5, 0.6) is 5.75 Å². The van der Waals surface area contributed by atoms with Crippen molar-refractivity contribution in [3.8, 4) is 17.0 Å². The maximum atomic E-state index is 12.9. The Morgan fingerprint density at radius 2 is 1.83 bits per heavy atom. The van der Waals surface area contributed by atoms with Gasteiger partial charge in [-0.2, -0.15) is 4.31 Å². The lowest BCUT2D eigenvalue weighted by Gasteiger charge is -2.33. The third-order valence-corrected chi connectivity index (χ3v) is 7.85. The Bertz CT molecular complexity index is 1110. The first-order chi connectivity index (χ1) is 14.0. The van der Waals surface area contributed by atoms with Crippen LogP contribution >= 0.6 is 22.9 Å². The molecule has 1 fully saturated rings. The number of rotatable bonds is 5. The van der Waals surface area contributed by atoms with Gasteiger partial charge in [-0.3, -0.25) is 0 Å². The number of para-hydroxylation sites is 1. The number of nitrogens with zero attached hydrogens (tertiary/aromatic N) is 3. The molecular formula is C20H20ClN3O3S2. The molecule has 152 valence electrons. The fourth-order valence-corrected chi connectivity index (χ4v) is 5.89. The molecule has 9 heteroatoms. The molecule has 0 N–H and O–H groups in total. The van der Waals surface area contributed by atoms with Crippen LogP contribution in [0.2, 0.25) is 5.02 Å². The lowest BCUT2D eigenvalue weighted by molar-refractivity contribution is 0.385. The number of piperazine rings is 1. The molecule has 2 aromatic carbocycles. The number of methoxy groups -OCH3 is 1. The Kier molecular flexibility index (Phi) is 5.78. The van der Waals surface area contributed by atoms with Gasteiger partial charge in [0.05, 0.1) is 17.7 Å². The second-order valence-electron chi connectivity index (χ2n) is 6.56. The summed E-state index contributed by atoms with van der Waals surface area (Å²) < 4.78 is 32.7. The van der Waals surface area contributed by atoms with Gasteiger partial charge in [0.2, 0.25) is 10.0 Å². The Labute approximate surface area is 179 Å². The standard InChI is InChI=1S/C20H20ClN3O3S2/c1-27-19-8-3-2-7-17(19)18-14-28-20(22-18)23-9-11-24(12-10-23)29(25,26)16-6-4-5-15(21)13-16/h2-8,13-14H,9-12H2,1H3. The van der Waals surface area contributed by atoms with Gasteiger partial charge >= 0.3 is 0 Å². The molecule has 6 nitrogen and oxygen atoms in total. The van der Waals surface area contributed by atoms with Crippen molar-refractivity contribution in [2.45, 2.75) is 4.90 Å². The van der Waals surface area contributed by atoms with Crippen LogP contribution in [0.25, 0.3) is 11.3 Å². The average Bonchev–Trinajstić information content (AvgIpc) is 3.24. The quantitative estimate of drug-likeness (QED) is 0.589. The molecule has 0 saturated carbocycles. The lowest BCUT2D eigenvalue weighted by atomic mass is 10.1. The molecule has 4 rings (SSSR count). The monoisotopic (exact) mass is 449 g/mol. The number of hydrogen-bond donors (Lipinski definition) is 0. The number of hydrogen-bond acceptors (Lipinski definition) is 6. The van der Waals surface area contributed by atoms with Crippen LogP contribution in [-0.4, -0.2) is 51.0 Å². The van der Waals surface area contributed by atoms with Gasteiger partial charge in [-0.25, -0.2) is 13.4 Å². The molecule has 0 bridgehead atoms. The molecule has 0 radical (unpaired) electrons. The number of sulfonamides is 1. The minimum absolute atomic E-state index is 0.228. The molecule has 0 spiro atoms. The predicted molar refractivity (Wildman–Crippen MR) is 117 cm³/mol. The van der Waals surface area contributed by atoms with Crippen molar-refractivity contribution in [2.75, 3.05) is 38.2 Å². The fourth-order valence-electron chi connectivity index (χ4n) is 3.29. The van der Waals surface area contributed by atoms with Crippen molar-refractivity contribution in [1.29, 1.82) is 0 Å². The van der Waals surface area contributed by atoms with Crippen molar-refractivity contribution in [2.24, 2.45) is 0 Å². The highest BCUT2D eigenvalue weighted by Gasteiger charge is 2.29. The van der Waals surface area contributed by atoms with Gasteiger partial charge in [0, 0.05) is 42.1 Å². The van der Waals surface area contributed by atoms with E-state index in [0.29, 0.717) is 31.2 Å². The molecule has 29 heavy (non-hydrogen) atoms. The Morgan fingerprint density at radius 3 is 2.55 bits per heavy atom. The van der Waals surface area contributed by atoms with Gasteiger partial charge in [-0.1, -0.05) is 29.8 Å². The molecule has 0 aliphatic carbocycles. The van der Waals surface area contributed by atoms with Gasteiger partial charge in [-0.05, 0) is 30.3 Å². The summed E-state index contributed by atoms with van der Waals surface area (Å²) in [6.45, 7) is 1.97. The minimum atomic E-state index is -3.55. The largest absolute Gasteiger partial charge is 0.496 e. The molecule has 0 atom stereocenters. The highest BCUT2D eigenvalue weighted by Crippen LogP contribution is 2.33. The summed E-state index contributed by atoms with van der Waals surface area (Å²) in [7, 11) is -1.90. The van der Waals surface area contributed by atoms with E-state index < -0.39 is 10.0 Å². The molecule has 3 aromatic rings. The normalized spacial score (nSPS) is 15.4. The summed E-state index contributed by atoms with van der Waals surface area (Å²) in [5.41, 5.74) is 1.80. The van der Waals surface area contributed by atoms with Gasteiger partial charge in [-0.15, -0.1) is 11.3 Å². The summed E-state index contributed by atoms with van der Waals surface area (Å²) >= 11 is 7.51. The van der Waals surface area contributed by atoms with Crippen molar-refractivity contribution < 1.29 is 13.2 Å². The number of anilines is 1. The zero-order valence-electron chi connectivity index (χ0n) is 15.8. The number of thiazole rings is 1. The van der Waals surface area contributed by atoms with Crippen molar-refractivity contribution >= 4 is 38.1 Å². The van der Waals surface area contributed by atoms with Crippen LogP contribution < -0.4 is 9.64 Å². The fraction of sp³-hybridized carbons (Fsp3) is 0.250. The van der Waals surface area contributed by atoms with Crippen molar-refractivity contribution in [3.63, 3.8) is 0 Å². The first-order valence-corrected chi connectivity index (χ1v) is 11.8. The topological polar surface area (TPSA) is 62.7 Å². The van der Waals surface area contributed by atoms with Gasteiger partial charge < -0.3 is 9.64 Å². The molecule has 1 saturated heterocycles. The second-order valence-corrected chi connectivity index (χ2v) is 9.78. The van der Waals surface area contributed by atoms with Crippen LogP contribution in [0.3, 0.4) is 0 Å². The molecule has 0 unspecified atom stereocenters. The van der Waals surface area contributed by atoms with E-state index in [0.717, 1.165) is 22.1 Å². The second kappa shape index (κ2) is 8.31. The molecule has 2 heterocycles. The predicted octanol–water partition coefficient (Wildman–Crippen LogP) is 3.98. The minimum Gasteiger partial charge on any atom is -0.496 e. The zero-order valence-corrected chi connectivity index (χ0v) is 18.2. The Morgan fingerprint density at radius 1 is 1.07 bits per heavy atom. The SMILES string of the molecule is COc1ccccc1-c1csc(N2CCN(S(=O)(=O)c3cccc(Cl)c3)CC2)n1. The summed E-state index contributed by atoms with van der Waals surface area (Å²) in [5, 5.41) is 3.30. The first kappa shape index (κ1) is 20.2. The Hall–Kier alpha value is -2.13. The molecule has 0 amide bonds. The zero-order chi connectivity index (χ0) is 20.4. The smallest absolute Gasteiger partial charge is 0.243 e. The summed E-state index contributed by atoms with van der Waals surface area (Å²) in [6.07, 6.45) is 0. The van der Waals surface area contributed by atoms with Gasteiger partial charge in [0.15, 0.2) is 5.13 Å². The van der Waals surface area contributed by atoms with Crippen molar-refractivity contribution in [3.05, 3.63) is 58.9 Å². The van der Waals surface area contributed by atoms with E-state index in [9.17, 15) is 8.42 Å². The lowest BCUT2D eigenvalue weighted by Crippen LogP contribution is -2.48. The number of aromatic nitrogens is 1. The maximum absolute atomic E-state index is 12.9. The van der Waals surface area contributed by atoms with Crippen LogP contribution in [0, 0.1) is 0 Å².